The number of rotatable bonds is 1. The number of furan rings is 1. The number of ether oxygens (including phenoxy) is 1. The average molecular weight is 243 g/mol. The zero-order valence-corrected chi connectivity index (χ0v) is 8.55. The summed E-state index contributed by atoms with van der Waals surface area (Å²) in [5, 5.41) is 0. The van der Waals surface area contributed by atoms with E-state index in [0.717, 1.165) is 4.47 Å². The van der Waals surface area contributed by atoms with E-state index < -0.39 is 5.97 Å². The summed E-state index contributed by atoms with van der Waals surface area (Å²) in [6, 6.07) is 1.70. The largest absolute Gasteiger partial charge is 0.456 e. The van der Waals surface area contributed by atoms with E-state index >= 15 is 0 Å². The Labute approximate surface area is 84.2 Å². The molecule has 0 radical (unpaired) electrons. The van der Waals surface area contributed by atoms with Gasteiger partial charge in [0.25, 0.3) is 0 Å². The van der Waals surface area contributed by atoms with Gasteiger partial charge >= 0.3 is 5.97 Å². The van der Waals surface area contributed by atoms with Crippen molar-refractivity contribution < 1.29 is 13.9 Å². The number of halogens is 1. The van der Waals surface area contributed by atoms with Crippen molar-refractivity contribution in [2.24, 2.45) is 0 Å². The van der Waals surface area contributed by atoms with E-state index in [-0.39, 0.29) is 0 Å². The summed E-state index contributed by atoms with van der Waals surface area (Å²) in [5.41, 5.74) is 0. The van der Waals surface area contributed by atoms with Crippen LogP contribution in [0.3, 0.4) is 0 Å². The molecule has 0 aliphatic rings. The van der Waals surface area contributed by atoms with Crippen molar-refractivity contribution in [2.45, 2.75) is 6.92 Å². The van der Waals surface area contributed by atoms with Gasteiger partial charge in [-0.2, -0.15) is 0 Å². The second-order valence-electron chi connectivity index (χ2n) is 2.07. The van der Waals surface area contributed by atoms with Crippen LogP contribution in [-0.2, 0) is 9.53 Å². The summed E-state index contributed by atoms with van der Waals surface area (Å²) in [4.78, 5) is 10.8. The van der Waals surface area contributed by atoms with Gasteiger partial charge in [0.2, 0.25) is 0 Å². The van der Waals surface area contributed by atoms with Crippen LogP contribution >= 0.6 is 15.9 Å². The summed E-state index contributed by atoms with van der Waals surface area (Å²) >= 11 is 3.21. The maximum Gasteiger partial charge on any atom is 0.384 e. The monoisotopic (exact) mass is 242 g/mol. The Morgan fingerprint density at radius 3 is 3.08 bits per heavy atom. The quantitative estimate of drug-likeness (QED) is 0.559. The van der Waals surface area contributed by atoms with Gasteiger partial charge in [-0.15, -0.1) is 0 Å². The number of hydrogen-bond donors (Lipinski definition) is 0. The lowest BCUT2D eigenvalue weighted by Gasteiger charge is -1.90. The highest BCUT2D eigenvalue weighted by Gasteiger charge is 1.99. The summed E-state index contributed by atoms with van der Waals surface area (Å²) in [7, 11) is 0. The molecule has 1 aromatic rings. The van der Waals surface area contributed by atoms with Gasteiger partial charge < -0.3 is 9.15 Å². The molecular formula is C9H7BrO3. The Morgan fingerprint density at radius 1 is 1.77 bits per heavy atom. The summed E-state index contributed by atoms with van der Waals surface area (Å²) in [6.07, 6.45) is 1.49. The molecule has 0 saturated carbocycles. The van der Waals surface area contributed by atoms with E-state index in [1.165, 1.54) is 6.26 Å². The first-order valence-electron chi connectivity index (χ1n) is 3.65. The molecule has 0 bridgehead atoms. The molecule has 1 rings (SSSR count). The number of esters is 1. The predicted octanol–water partition coefficient (Wildman–Crippen LogP) is 1.96. The van der Waals surface area contributed by atoms with Gasteiger partial charge in [0, 0.05) is 5.92 Å². The lowest BCUT2D eigenvalue weighted by molar-refractivity contribution is -0.136. The van der Waals surface area contributed by atoms with Gasteiger partial charge in [0.1, 0.15) is 0 Å². The SMILES string of the molecule is CCOC(=O)C#Cc1occc1Br. The highest BCUT2D eigenvalue weighted by Crippen LogP contribution is 2.15. The molecule has 0 spiro atoms. The summed E-state index contributed by atoms with van der Waals surface area (Å²) in [5.74, 6) is 4.71. The number of carbonyl (C=O) groups is 1. The van der Waals surface area contributed by atoms with Crippen LogP contribution in [0.4, 0.5) is 0 Å². The van der Waals surface area contributed by atoms with Gasteiger partial charge in [0.15, 0.2) is 5.76 Å². The molecule has 0 aliphatic carbocycles. The third-order valence-electron chi connectivity index (χ3n) is 1.17. The van der Waals surface area contributed by atoms with Crippen molar-refractivity contribution in [1.82, 2.24) is 0 Å². The molecule has 0 unspecified atom stereocenters. The van der Waals surface area contributed by atoms with Crippen molar-refractivity contribution in [1.29, 1.82) is 0 Å². The molecule has 1 aromatic heterocycles. The minimum absolute atomic E-state index is 0.326. The van der Waals surface area contributed by atoms with Crippen molar-refractivity contribution in [2.75, 3.05) is 6.61 Å². The van der Waals surface area contributed by atoms with Crippen LogP contribution in [0.1, 0.15) is 12.7 Å². The zero-order chi connectivity index (χ0) is 9.68. The Balaban J connectivity index is 2.67. The first kappa shape index (κ1) is 9.87. The molecule has 0 amide bonds. The van der Waals surface area contributed by atoms with Gasteiger partial charge in [-0.1, -0.05) is 0 Å². The molecule has 4 heteroatoms. The van der Waals surface area contributed by atoms with Gasteiger partial charge in [-0.25, -0.2) is 4.79 Å². The van der Waals surface area contributed by atoms with Crippen molar-refractivity contribution in [3.05, 3.63) is 22.6 Å². The van der Waals surface area contributed by atoms with Gasteiger partial charge in [-0.3, -0.25) is 0 Å². The lowest BCUT2D eigenvalue weighted by atomic mass is 10.4. The molecule has 1 heterocycles. The number of carbonyl (C=O) groups excluding carboxylic acids is 1. The second-order valence-corrected chi connectivity index (χ2v) is 2.92. The van der Waals surface area contributed by atoms with Crippen molar-refractivity contribution >= 4 is 21.9 Å². The molecule has 0 aliphatic heterocycles. The third-order valence-corrected chi connectivity index (χ3v) is 1.80. The smallest absolute Gasteiger partial charge is 0.384 e. The standard InChI is InChI=1S/C9H7BrO3/c1-2-12-9(11)4-3-8-7(10)5-6-13-8/h5-6H,2H2,1H3. The fourth-order valence-electron chi connectivity index (χ4n) is 0.658. The molecule has 0 N–H and O–H groups in total. The van der Waals surface area contributed by atoms with Crippen LogP contribution in [0.5, 0.6) is 0 Å². The first-order chi connectivity index (χ1) is 6.24. The van der Waals surface area contributed by atoms with Crippen LogP contribution < -0.4 is 0 Å². The number of hydrogen-bond acceptors (Lipinski definition) is 3. The molecule has 0 fully saturated rings. The Kier molecular flexibility index (Phi) is 3.59. The molecule has 0 aromatic carbocycles. The first-order valence-corrected chi connectivity index (χ1v) is 4.45. The minimum Gasteiger partial charge on any atom is -0.456 e. The molecule has 0 saturated heterocycles. The Bertz CT molecular complexity index is 356. The van der Waals surface area contributed by atoms with Crippen molar-refractivity contribution in [3.63, 3.8) is 0 Å². The Hall–Kier alpha value is -1.21. The van der Waals surface area contributed by atoms with Crippen LogP contribution in [-0.4, -0.2) is 12.6 Å². The highest BCUT2D eigenvalue weighted by molar-refractivity contribution is 9.10. The van der Waals surface area contributed by atoms with Crippen LogP contribution in [0.25, 0.3) is 0 Å². The lowest BCUT2D eigenvalue weighted by Crippen LogP contribution is -1.99. The average Bonchev–Trinajstić information content (AvgIpc) is 2.48. The third kappa shape index (κ3) is 2.96. The topological polar surface area (TPSA) is 39.4 Å². The van der Waals surface area contributed by atoms with E-state index in [2.05, 4.69) is 32.5 Å². The predicted molar refractivity (Wildman–Crippen MR) is 49.9 cm³/mol. The minimum atomic E-state index is -0.550. The maximum atomic E-state index is 10.8. The van der Waals surface area contributed by atoms with E-state index in [0.29, 0.717) is 12.4 Å². The normalized spacial score (nSPS) is 8.77. The van der Waals surface area contributed by atoms with Gasteiger partial charge in [-0.05, 0) is 34.8 Å². The van der Waals surface area contributed by atoms with E-state index in [9.17, 15) is 4.79 Å². The molecule has 13 heavy (non-hydrogen) atoms. The van der Waals surface area contributed by atoms with E-state index in [1.807, 2.05) is 0 Å². The van der Waals surface area contributed by atoms with E-state index in [4.69, 9.17) is 4.42 Å². The molecule has 3 nitrogen and oxygen atoms in total. The zero-order valence-electron chi connectivity index (χ0n) is 6.96. The highest BCUT2D eigenvalue weighted by atomic mass is 79.9. The molecule has 0 atom stereocenters. The summed E-state index contributed by atoms with van der Waals surface area (Å²) < 4.78 is 10.3. The summed E-state index contributed by atoms with van der Waals surface area (Å²) in [6.45, 7) is 2.05. The van der Waals surface area contributed by atoms with Gasteiger partial charge in [0.05, 0.1) is 17.3 Å². The van der Waals surface area contributed by atoms with Crippen LogP contribution in [0.15, 0.2) is 21.2 Å². The van der Waals surface area contributed by atoms with Crippen LogP contribution in [0.2, 0.25) is 0 Å². The van der Waals surface area contributed by atoms with Crippen LogP contribution in [0, 0.1) is 11.8 Å². The van der Waals surface area contributed by atoms with Crippen molar-refractivity contribution in [3.8, 4) is 11.8 Å². The fourth-order valence-corrected chi connectivity index (χ4v) is 0.958. The Morgan fingerprint density at radius 2 is 2.54 bits per heavy atom. The second kappa shape index (κ2) is 4.73. The molecular weight excluding hydrogens is 236 g/mol. The fraction of sp³-hybridized carbons (Fsp3) is 0.222. The molecule has 68 valence electrons. The maximum absolute atomic E-state index is 10.8. The van der Waals surface area contributed by atoms with E-state index in [1.54, 1.807) is 13.0 Å².